The fraction of sp³-hybridized carbons (Fsp3) is 0.556. The molecule has 0 aromatic carbocycles. The molecule has 1 N–H and O–H groups in total. The van der Waals surface area contributed by atoms with Crippen molar-refractivity contribution in [2.45, 2.75) is 32.6 Å². The van der Waals surface area contributed by atoms with E-state index < -0.39 is 5.97 Å². The van der Waals surface area contributed by atoms with Gasteiger partial charge in [0.25, 0.3) is 0 Å². The molecule has 0 aliphatic rings. The van der Waals surface area contributed by atoms with E-state index in [4.69, 9.17) is 5.11 Å². The minimum Gasteiger partial charge on any atom is -0.481 e. The molecule has 1 heterocycles. The second-order valence-corrected chi connectivity index (χ2v) is 4.08. The lowest BCUT2D eigenvalue weighted by atomic mass is 9.93. The van der Waals surface area contributed by atoms with Crippen LogP contribution in [0.1, 0.15) is 32.3 Å². The fourth-order valence-corrected chi connectivity index (χ4v) is 0.912. The highest BCUT2D eigenvalue weighted by molar-refractivity contribution is 5.68. The molecule has 0 fully saturated rings. The molecule has 5 nitrogen and oxygen atoms in total. The van der Waals surface area contributed by atoms with Crippen LogP contribution in [0.3, 0.4) is 0 Å². The monoisotopic (exact) mass is 195 g/mol. The normalized spacial score (nSPS) is 11.4. The molecule has 0 saturated carbocycles. The van der Waals surface area contributed by atoms with Crippen LogP contribution in [-0.2, 0) is 16.6 Å². The Morgan fingerprint density at radius 3 is 2.64 bits per heavy atom. The van der Waals surface area contributed by atoms with Gasteiger partial charge >= 0.3 is 5.97 Å². The lowest BCUT2D eigenvalue weighted by Crippen LogP contribution is -2.17. The molecule has 0 amide bonds. The van der Waals surface area contributed by atoms with E-state index in [1.54, 1.807) is 6.20 Å². The molecule has 0 aliphatic carbocycles. The van der Waals surface area contributed by atoms with Gasteiger partial charge < -0.3 is 5.11 Å². The number of aliphatic carboxylic acids is 1. The number of aromatic nitrogens is 3. The van der Waals surface area contributed by atoms with Gasteiger partial charge in [0.2, 0.25) is 0 Å². The van der Waals surface area contributed by atoms with Crippen LogP contribution in [0.2, 0.25) is 0 Å². The first-order valence-electron chi connectivity index (χ1n) is 4.30. The molecular formula is C9H13N3O2. The minimum absolute atomic E-state index is 0.136. The number of carbonyl (C=O) groups is 1. The van der Waals surface area contributed by atoms with E-state index in [0.717, 1.165) is 5.69 Å². The molecule has 1 aromatic heterocycles. The summed E-state index contributed by atoms with van der Waals surface area (Å²) >= 11 is 0. The SMILES string of the molecule is CC(C)(C)c1cnnc(CC(=O)O)n1. The molecule has 0 spiro atoms. The van der Waals surface area contributed by atoms with Crippen molar-refractivity contribution in [3.63, 3.8) is 0 Å². The van der Waals surface area contributed by atoms with Crippen molar-refractivity contribution in [2.75, 3.05) is 0 Å². The average Bonchev–Trinajstić information content (AvgIpc) is 2.01. The topological polar surface area (TPSA) is 76.0 Å². The molecule has 0 atom stereocenters. The van der Waals surface area contributed by atoms with Crippen molar-refractivity contribution < 1.29 is 9.90 Å². The Morgan fingerprint density at radius 1 is 1.50 bits per heavy atom. The van der Waals surface area contributed by atoms with Crippen molar-refractivity contribution in [3.05, 3.63) is 17.7 Å². The zero-order valence-corrected chi connectivity index (χ0v) is 8.48. The van der Waals surface area contributed by atoms with Crippen molar-refractivity contribution in [1.82, 2.24) is 15.2 Å². The molecule has 1 aromatic rings. The minimum atomic E-state index is -0.946. The summed E-state index contributed by atoms with van der Waals surface area (Å²) in [6, 6.07) is 0. The van der Waals surface area contributed by atoms with E-state index in [9.17, 15) is 4.79 Å². The first kappa shape index (κ1) is 10.6. The van der Waals surface area contributed by atoms with Gasteiger partial charge in [-0.15, -0.1) is 5.10 Å². The van der Waals surface area contributed by atoms with Crippen LogP contribution in [0.15, 0.2) is 6.20 Å². The molecule has 1 rings (SSSR count). The van der Waals surface area contributed by atoms with Crippen molar-refractivity contribution in [2.24, 2.45) is 0 Å². The van der Waals surface area contributed by atoms with Gasteiger partial charge in [-0.2, -0.15) is 5.10 Å². The van der Waals surface area contributed by atoms with Crippen LogP contribution in [0.5, 0.6) is 0 Å². The summed E-state index contributed by atoms with van der Waals surface area (Å²) in [5.74, 6) is -0.692. The molecule has 0 radical (unpaired) electrons. The van der Waals surface area contributed by atoms with Crippen LogP contribution < -0.4 is 0 Å². The Balaban J connectivity index is 2.95. The van der Waals surface area contributed by atoms with Crippen molar-refractivity contribution in [1.29, 1.82) is 0 Å². The molecule has 0 unspecified atom stereocenters. The number of nitrogens with zero attached hydrogens (tertiary/aromatic N) is 3. The van der Waals surface area contributed by atoms with E-state index in [0.29, 0.717) is 0 Å². The summed E-state index contributed by atoms with van der Waals surface area (Å²) in [7, 11) is 0. The van der Waals surface area contributed by atoms with E-state index in [-0.39, 0.29) is 17.7 Å². The average molecular weight is 195 g/mol. The molecular weight excluding hydrogens is 182 g/mol. The van der Waals surface area contributed by atoms with Crippen molar-refractivity contribution in [3.8, 4) is 0 Å². The second-order valence-electron chi connectivity index (χ2n) is 4.08. The summed E-state index contributed by atoms with van der Waals surface area (Å²) in [6.45, 7) is 5.96. The summed E-state index contributed by atoms with van der Waals surface area (Å²) < 4.78 is 0. The highest BCUT2D eigenvalue weighted by atomic mass is 16.4. The zero-order chi connectivity index (χ0) is 10.8. The van der Waals surface area contributed by atoms with Gasteiger partial charge in [-0.3, -0.25) is 4.79 Å². The Hall–Kier alpha value is -1.52. The number of hydrogen-bond acceptors (Lipinski definition) is 4. The standard InChI is InChI=1S/C9H13N3O2/c1-9(2,3)6-5-10-12-7(11-6)4-8(13)14/h5H,4H2,1-3H3,(H,13,14). The first-order valence-corrected chi connectivity index (χ1v) is 4.30. The molecule has 0 saturated heterocycles. The van der Waals surface area contributed by atoms with Crippen LogP contribution in [0.25, 0.3) is 0 Å². The van der Waals surface area contributed by atoms with Crippen LogP contribution in [0.4, 0.5) is 0 Å². The van der Waals surface area contributed by atoms with E-state index >= 15 is 0 Å². The van der Waals surface area contributed by atoms with Crippen LogP contribution in [0, 0.1) is 0 Å². The lowest BCUT2D eigenvalue weighted by molar-refractivity contribution is -0.136. The van der Waals surface area contributed by atoms with Crippen LogP contribution in [-0.4, -0.2) is 26.3 Å². The number of hydrogen-bond donors (Lipinski definition) is 1. The highest BCUT2D eigenvalue weighted by Gasteiger charge is 2.17. The maximum Gasteiger partial charge on any atom is 0.311 e. The second kappa shape index (κ2) is 3.69. The van der Waals surface area contributed by atoms with E-state index in [1.165, 1.54) is 0 Å². The molecule has 0 aliphatic heterocycles. The Kier molecular flexibility index (Phi) is 2.78. The quantitative estimate of drug-likeness (QED) is 0.755. The van der Waals surface area contributed by atoms with Crippen molar-refractivity contribution >= 4 is 5.97 Å². The molecule has 14 heavy (non-hydrogen) atoms. The summed E-state index contributed by atoms with van der Waals surface area (Å²) in [4.78, 5) is 14.6. The fourth-order valence-electron chi connectivity index (χ4n) is 0.912. The van der Waals surface area contributed by atoms with Gasteiger partial charge in [-0.05, 0) is 0 Å². The third-order valence-electron chi connectivity index (χ3n) is 1.68. The Labute approximate surface area is 82.2 Å². The van der Waals surface area contributed by atoms with E-state index in [2.05, 4.69) is 15.2 Å². The smallest absolute Gasteiger partial charge is 0.311 e. The van der Waals surface area contributed by atoms with Gasteiger partial charge in [0.1, 0.15) is 6.42 Å². The van der Waals surface area contributed by atoms with Gasteiger partial charge in [0.05, 0.1) is 11.9 Å². The Bertz CT molecular complexity index is 344. The Morgan fingerprint density at radius 2 is 2.14 bits per heavy atom. The third-order valence-corrected chi connectivity index (χ3v) is 1.68. The number of rotatable bonds is 2. The first-order chi connectivity index (χ1) is 6.39. The maximum absolute atomic E-state index is 10.4. The number of carboxylic acids is 1. The maximum atomic E-state index is 10.4. The summed E-state index contributed by atoms with van der Waals surface area (Å²) in [6.07, 6.45) is 1.38. The summed E-state index contributed by atoms with van der Waals surface area (Å²) in [5.41, 5.74) is 0.618. The number of carboxylic acid groups (broad SMARTS) is 1. The zero-order valence-electron chi connectivity index (χ0n) is 8.48. The lowest BCUT2D eigenvalue weighted by Gasteiger charge is -2.16. The third kappa shape index (κ3) is 2.76. The molecule has 0 bridgehead atoms. The van der Waals surface area contributed by atoms with Crippen LogP contribution >= 0.6 is 0 Å². The summed E-state index contributed by atoms with van der Waals surface area (Å²) in [5, 5.41) is 15.9. The van der Waals surface area contributed by atoms with Gasteiger partial charge in [0.15, 0.2) is 5.82 Å². The van der Waals surface area contributed by atoms with Gasteiger partial charge in [-0.25, -0.2) is 4.98 Å². The highest BCUT2D eigenvalue weighted by Crippen LogP contribution is 2.18. The van der Waals surface area contributed by atoms with Gasteiger partial charge in [0, 0.05) is 5.41 Å². The predicted octanol–water partition coefficient (Wildman–Crippen LogP) is 0.796. The van der Waals surface area contributed by atoms with E-state index in [1.807, 2.05) is 20.8 Å². The molecule has 76 valence electrons. The largest absolute Gasteiger partial charge is 0.481 e. The predicted molar refractivity (Wildman–Crippen MR) is 49.9 cm³/mol. The molecule has 5 heteroatoms. The van der Waals surface area contributed by atoms with Gasteiger partial charge in [-0.1, -0.05) is 20.8 Å².